The lowest BCUT2D eigenvalue weighted by Crippen LogP contribution is -2.02. The molecule has 5 heteroatoms. The van der Waals surface area contributed by atoms with E-state index in [1.807, 2.05) is 6.92 Å². The fourth-order valence-electron chi connectivity index (χ4n) is 0.534. The third-order valence-corrected chi connectivity index (χ3v) is 1.81. The first-order valence-corrected chi connectivity index (χ1v) is 4.62. The second-order valence-corrected chi connectivity index (χ2v) is 3.57. The van der Waals surface area contributed by atoms with E-state index in [9.17, 15) is 8.42 Å². The number of hydrogen-bond acceptors (Lipinski definition) is 2. The van der Waals surface area contributed by atoms with Gasteiger partial charge in [-0.2, -0.15) is 8.42 Å². The molecule has 0 spiro atoms. The lowest BCUT2D eigenvalue weighted by Gasteiger charge is -1.92. The quantitative estimate of drug-likeness (QED) is 0.537. The zero-order chi connectivity index (χ0) is 7.33. The molecule has 1 N–H and O–H groups in total. The Kier molecular flexibility index (Phi) is 7.63. The van der Waals surface area contributed by atoms with Crippen LogP contribution in [0.3, 0.4) is 0 Å². The first kappa shape index (κ1) is 12.8. The number of unbranched alkanes of at least 4 members (excludes halogenated alkanes) is 2. The Morgan fingerprint density at radius 3 is 2.10 bits per heavy atom. The van der Waals surface area contributed by atoms with Crippen LogP contribution in [0, 0.1) is 0 Å². The van der Waals surface area contributed by atoms with Crippen LogP contribution in [-0.2, 0) is 10.1 Å². The van der Waals surface area contributed by atoms with Crippen molar-refractivity contribution in [3.05, 3.63) is 0 Å². The van der Waals surface area contributed by atoms with E-state index >= 15 is 0 Å². The van der Waals surface area contributed by atoms with Gasteiger partial charge in [-0.25, -0.2) is 0 Å². The van der Waals surface area contributed by atoms with Crippen LogP contribution in [0.2, 0.25) is 0 Å². The first-order chi connectivity index (χ1) is 4.06. The van der Waals surface area contributed by atoms with E-state index in [1.54, 1.807) is 0 Å². The molecule has 0 aliphatic rings. The highest BCUT2D eigenvalue weighted by Gasteiger charge is 2.01. The normalized spacial score (nSPS) is 10.6. The van der Waals surface area contributed by atoms with Gasteiger partial charge in [0.2, 0.25) is 0 Å². The summed E-state index contributed by atoms with van der Waals surface area (Å²) < 4.78 is 28.3. The summed E-state index contributed by atoms with van der Waals surface area (Å²) in [5.41, 5.74) is 0. The molecule has 0 aliphatic carbocycles. The van der Waals surface area contributed by atoms with Gasteiger partial charge in [-0.3, -0.25) is 4.55 Å². The number of hydrogen-bond donors (Lipinski definition) is 1. The second kappa shape index (κ2) is 5.95. The summed E-state index contributed by atoms with van der Waals surface area (Å²) in [7, 11) is -3.70. The summed E-state index contributed by atoms with van der Waals surface area (Å²) in [4.78, 5) is 0. The summed E-state index contributed by atoms with van der Waals surface area (Å²) in [6, 6.07) is 0. The van der Waals surface area contributed by atoms with E-state index in [0.717, 1.165) is 12.8 Å². The second-order valence-electron chi connectivity index (χ2n) is 1.99. The Labute approximate surface area is 68.0 Å². The molecule has 0 aromatic carbocycles. The molecule has 0 unspecified atom stereocenters. The minimum absolute atomic E-state index is 0. The fraction of sp³-hybridized carbons (Fsp3) is 1.00. The molecule has 3 nitrogen and oxygen atoms in total. The topological polar surface area (TPSA) is 54.4 Å². The molecule has 0 saturated heterocycles. The van der Waals surface area contributed by atoms with Crippen molar-refractivity contribution in [1.82, 2.24) is 0 Å². The first-order valence-electron chi connectivity index (χ1n) is 3.01. The van der Waals surface area contributed by atoms with Gasteiger partial charge >= 0.3 is 0 Å². The Hall–Kier alpha value is 0.200. The maximum atomic E-state index is 10.1. The van der Waals surface area contributed by atoms with Gasteiger partial charge in [0, 0.05) is 0 Å². The molecule has 64 valence electrons. The molecule has 0 aromatic heterocycles. The molecule has 0 aliphatic heterocycles. The van der Waals surface area contributed by atoms with Crippen molar-refractivity contribution < 1.29 is 13.0 Å². The van der Waals surface area contributed by atoms with Gasteiger partial charge in [0.25, 0.3) is 10.1 Å². The van der Waals surface area contributed by atoms with Crippen LogP contribution in [0.5, 0.6) is 0 Å². The van der Waals surface area contributed by atoms with Crippen molar-refractivity contribution in [3.8, 4) is 0 Å². The molecule has 10 heavy (non-hydrogen) atoms. The predicted octanol–water partition coefficient (Wildman–Crippen LogP) is 1.49. The molecular weight excluding hydrogens is 176 g/mol. The average molecular weight is 189 g/mol. The SMILES string of the molecule is CCCCCS(=O)(=O)O.Cl. The molecular formula is C5H13ClO3S. The van der Waals surface area contributed by atoms with Crippen LogP contribution in [0.25, 0.3) is 0 Å². The number of rotatable bonds is 4. The summed E-state index contributed by atoms with van der Waals surface area (Å²) >= 11 is 0. The standard InChI is InChI=1S/C5H12O3S.ClH/c1-2-3-4-5-9(6,7)8;/h2-5H2,1H3,(H,6,7,8);1H. The van der Waals surface area contributed by atoms with Crippen molar-refractivity contribution in [2.45, 2.75) is 26.2 Å². The van der Waals surface area contributed by atoms with Crippen molar-refractivity contribution in [2.24, 2.45) is 0 Å². The Bertz CT molecular complexity index is 152. The van der Waals surface area contributed by atoms with Gasteiger partial charge in [0.1, 0.15) is 0 Å². The highest BCUT2D eigenvalue weighted by molar-refractivity contribution is 7.85. The van der Waals surface area contributed by atoms with Crippen molar-refractivity contribution in [1.29, 1.82) is 0 Å². The Morgan fingerprint density at radius 1 is 1.30 bits per heavy atom. The van der Waals surface area contributed by atoms with Crippen molar-refractivity contribution >= 4 is 22.5 Å². The van der Waals surface area contributed by atoms with Crippen LogP contribution in [0.4, 0.5) is 0 Å². The van der Waals surface area contributed by atoms with E-state index in [4.69, 9.17) is 4.55 Å². The summed E-state index contributed by atoms with van der Waals surface area (Å²) in [5, 5.41) is 0. The van der Waals surface area contributed by atoms with Crippen LogP contribution in [0.15, 0.2) is 0 Å². The Balaban J connectivity index is 0. The molecule has 0 amide bonds. The lowest BCUT2D eigenvalue weighted by molar-refractivity contribution is 0.480. The minimum Gasteiger partial charge on any atom is -0.286 e. The van der Waals surface area contributed by atoms with Gasteiger partial charge in [0.15, 0.2) is 0 Å². The average Bonchev–Trinajstić information content (AvgIpc) is 1.63. The van der Waals surface area contributed by atoms with Gasteiger partial charge in [-0.15, -0.1) is 12.4 Å². The largest absolute Gasteiger partial charge is 0.286 e. The van der Waals surface area contributed by atoms with Crippen LogP contribution >= 0.6 is 12.4 Å². The third kappa shape index (κ3) is 11.1. The van der Waals surface area contributed by atoms with Crippen molar-refractivity contribution in [3.63, 3.8) is 0 Å². The lowest BCUT2D eigenvalue weighted by atomic mass is 10.3. The number of halogens is 1. The molecule has 0 saturated carbocycles. The maximum Gasteiger partial charge on any atom is 0.264 e. The molecule has 0 aromatic rings. The smallest absolute Gasteiger partial charge is 0.264 e. The van der Waals surface area contributed by atoms with Gasteiger partial charge in [-0.1, -0.05) is 19.8 Å². The van der Waals surface area contributed by atoms with E-state index in [1.165, 1.54) is 0 Å². The minimum atomic E-state index is -3.70. The summed E-state index contributed by atoms with van der Waals surface area (Å²) in [5.74, 6) is -0.0964. The maximum absolute atomic E-state index is 10.1. The molecule has 0 fully saturated rings. The Morgan fingerprint density at radius 2 is 1.80 bits per heavy atom. The molecule has 0 radical (unpaired) electrons. The molecule has 0 atom stereocenters. The van der Waals surface area contributed by atoms with Gasteiger partial charge < -0.3 is 0 Å². The van der Waals surface area contributed by atoms with Crippen LogP contribution in [-0.4, -0.2) is 18.7 Å². The zero-order valence-corrected chi connectivity index (χ0v) is 7.54. The van der Waals surface area contributed by atoms with E-state index in [2.05, 4.69) is 0 Å². The van der Waals surface area contributed by atoms with Crippen LogP contribution in [0.1, 0.15) is 26.2 Å². The molecule has 0 rings (SSSR count). The summed E-state index contributed by atoms with van der Waals surface area (Å²) in [6.45, 7) is 1.98. The van der Waals surface area contributed by atoms with E-state index in [0.29, 0.717) is 6.42 Å². The van der Waals surface area contributed by atoms with Crippen molar-refractivity contribution in [2.75, 3.05) is 5.75 Å². The van der Waals surface area contributed by atoms with Gasteiger partial charge in [-0.05, 0) is 6.42 Å². The van der Waals surface area contributed by atoms with E-state index in [-0.39, 0.29) is 18.2 Å². The predicted molar refractivity (Wildman–Crippen MR) is 43.2 cm³/mol. The summed E-state index contributed by atoms with van der Waals surface area (Å²) in [6.07, 6.45) is 2.39. The third-order valence-electron chi connectivity index (χ3n) is 1.01. The van der Waals surface area contributed by atoms with Gasteiger partial charge in [0.05, 0.1) is 5.75 Å². The van der Waals surface area contributed by atoms with E-state index < -0.39 is 10.1 Å². The molecule has 0 heterocycles. The van der Waals surface area contributed by atoms with Crippen LogP contribution < -0.4 is 0 Å². The highest BCUT2D eigenvalue weighted by Crippen LogP contribution is 1.96. The zero-order valence-electron chi connectivity index (χ0n) is 5.91. The fourth-order valence-corrected chi connectivity index (χ4v) is 1.10. The monoisotopic (exact) mass is 188 g/mol. The molecule has 0 bridgehead atoms. The highest BCUT2D eigenvalue weighted by atomic mass is 35.5.